The third kappa shape index (κ3) is 2.20. The van der Waals surface area contributed by atoms with E-state index in [9.17, 15) is 0 Å². The van der Waals surface area contributed by atoms with E-state index in [1.807, 2.05) is 19.9 Å². The zero-order valence-electron chi connectivity index (χ0n) is 11.3. The van der Waals surface area contributed by atoms with E-state index in [2.05, 4.69) is 15.1 Å². The molecule has 3 rings (SSSR count). The molecule has 100 valence electrons. The number of hydrogen-bond acceptors (Lipinski definition) is 5. The van der Waals surface area contributed by atoms with Gasteiger partial charge in [0.1, 0.15) is 11.6 Å². The van der Waals surface area contributed by atoms with Crippen LogP contribution in [-0.2, 0) is 0 Å². The van der Waals surface area contributed by atoms with E-state index in [1.54, 1.807) is 0 Å². The van der Waals surface area contributed by atoms with E-state index < -0.39 is 0 Å². The molecule has 0 spiro atoms. The van der Waals surface area contributed by atoms with Gasteiger partial charge in [-0.1, -0.05) is 18.0 Å². The van der Waals surface area contributed by atoms with Gasteiger partial charge in [0.15, 0.2) is 5.82 Å². The molecule has 5 nitrogen and oxygen atoms in total. The molecule has 0 atom stereocenters. The molecule has 0 amide bonds. The van der Waals surface area contributed by atoms with Gasteiger partial charge >= 0.3 is 0 Å². The van der Waals surface area contributed by atoms with Crippen molar-refractivity contribution in [3.05, 3.63) is 23.2 Å². The number of nitrogens with two attached hydrogens (primary N) is 1. The summed E-state index contributed by atoms with van der Waals surface area (Å²) >= 11 is 0. The number of rotatable bonds is 2. The standard InChI is InChI=1S/C14H18N4O/c1-8-13(9(2)19-18-8)14-16-11(7-12(15)17-14)10-5-3-4-6-10/h7,10H,3-6H2,1-2H3,(H2,15,16,17). The molecule has 1 saturated carbocycles. The smallest absolute Gasteiger partial charge is 0.167 e. The van der Waals surface area contributed by atoms with Crippen LogP contribution in [0.2, 0.25) is 0 Å². The van der Waals surface area contributed by atoms with Crippen molar-refractivity contribution in [2.24, 2.45) is 0 Å². The minimum Gasteiger partial charge on any atom is -0.384 e. The Morgan fingerprint density at radius 1 is 1.21 bits per heavy atom. The monoisotopic (exact) mass is 258 g/mol. The summed E-state index contributed by atoms with van der Waals surface area (Å²) in [7, 11) is 0. The van der Waals surface area contributed by atoms with Crippen LogP contribution in [0.3, 0.4) is 0 Å². The molecule has 0 aromatic carbocycles. The van der Waals surface area contributed by atoms with Crippen molar-refractivity contribution in [2.75, 3.05) is 5.73 Å². The summed E-state index contributed by atoms with van der Waals surface area (Å²) in [6, 6.07) is 1.90. The topological polar surface area (TPSA) is 77.8 Å². The first-order valence-electron chi connectivity index (χ1n) is 6.73. The Morgan fingerprint density at radius 3 is 2.58 bits per heavy atom. The summed E-state index contributed by atoms with van der Waals surface area (Å²) in [6.45, 7) is 3.77. The molecule has 0 saturated heterocycles. The molecular formula is C14H18N4O. The average molecular weight is 258 g/mol. The van der Waals surface area contributed by atoms with Crippen LogP contribution in [0.4, 0.5) is 5.82 Å². The van der Waals surface area contributed by atoms with Crippen LogP contribution in [-0.4, -0.2) is 15.1 Å². The largest absolute Gasteiger partial charge is 0.384 e. The van der Waals surface area contributed by atoms with Crippen molar-refractivity contribution < 1.29 is 4.52 Å². The van der Waals surface area contributed by atoms with Gasteiger partial charge in [0.2, 0.25) is 0 Å². The quantitative estimate of drug-likeness (QED) is 0.895. The fourth-order valence-corrected chi connectivity index (χ4v) is 2.83. The van der Waals surface area contributed by atoms with Crippen molar-refractivity contribution in [2.45, 2.75) is 45.4 Å². The summed E-state index contributed by atoms with van der Waals surface area (Å²) in [4.78, 5) is 9.02. The fourth-order valence-electron chi connectivity index (χ4n) is 2.83. The lowest BCUT2D eigenvalue weighted by Crippen LogP contribution is -2.04. The highest BCUT2D eigenvalue weighted by Crippen LogP contribution is 2.35. The van der Waals surface area contributed by atoms with Gasteiger partial charge in [-0.2, -0.15) is 0 Å². The van der Waals surface area contributed by atoms with E-state index in [0.29, 0.717) is 17.6 Å². The van der Waals surface area contributed by atoms with Crippen molar-refractivity contribution in [3.63, 3.8) is 0 Å². The first-order chi connectivity index (χ1) is 9.15. The van der Waals surface area contributed by atoms with E-state index in [1.165, 1.54) is 25.7 Å². The van der Waals surface area contributed by atoms with Gasteiger partial charge in [-0.3, -0.25) is 0 Å². The van der Waals surface area contributed by atoms with Crippen LogP contribution >= 0.6 is 0 Å². The number of nitrogens with zero attached hydrogens (tertiary/aromatic N) is 3. The normalized spacial score (nSPS) is 16.1. The summed E-state index contributed by atoms with van der Waals surface area (Å²) in [5.74, 6) is 2.41. The number of aromatic nitrogens is 3. The Bertz CT molecular complexity index is 580. The highest BCUT2D eigenvalue weighted by molar-refractivity contribution is 5.61. The molecule has 0 aliphatic heterocycles. The summed E-state index contributed by atoms with van der Waals surface area (Å²) in [5, 5.41) is 3.95. The van der Waals surface area contributed by atoms with Crippen molar-refractivity contribution in [1.29, 1.82) is 0 Å². The van der Waals surface area contributed by atoms with Crippen LogP contribution in [0.5, 0.6) is 0 Å². The number of aryl methyl sites for hydroxylation is 2. The van der Waals surface area contributed by atoms with Crippen molar-refractivity contribution in [1.82, 2.24) is 15.1 Å². The van der Waals surface area contributed by atoms with Gasteiger partial charge in [-0.05, 0) is 26.7 Å². The molecule has 0 bridgehead atoms. The molecule has 1 aliphatic rings. The zero-order chi connectivity index (χ0) is 13.4. The lowest BCUT2D eigenvalue weighted by atomic mass is 10.0. The highest BCUT2D eigenvalue weighted by Gasteiger charge is 2.21. The predicted octanol–water partition coefficient (Wildman–Crippen LogP) is 2.99. The first kappa shape index (κ1) is 12.1. The van der Waals surface area contributed by atoms with Gasteiger partial charge in [0.25, 0.3) is 0 Å². The summed E-state index contributed by atoms with van der Waals surface area (Å²) in [5.41, 5.74) is 8.66. The molecule has 2 aromatic heterocycles. The van der Waals surface area contributed by atoms with Crippen LogP contribution in [0.1, 0.15) is 48.7 Å². The molecule has 1 aliphatic carbocycles. The SMILES string of the molecule is Cc1noc(C)c1-c1nc(N)cc(C2CCCC2)n1. The van der Waals surface area contributed by atoms with Gasteiger partial charge in [-0.15, -0.1) is 0 Å². The molecule has 1 fully saturated rings. The predicted molar refractivity (Wildman–Crippen MR) is 72.6 cm³/mol. The van der Waals surface area contributed by atoms with E-state index in [0.717, 1.165) is 22.7 Å². The first-order valence-corrected chi connectivity index (χ1v) is 6.73. The van der Waals surface area contributed by atoms with Crippen LogP contribution in [0, 0.1) is 13.8 Å². The second-order valence-corrected chi connectivity index (χ2v) is 5.22. The van der Waals surface area contributed by atoms with Crippen LogP contribution < -0.4 is 5.73 Å². The maximum Gasteiger partial charge on any atom is 0.167 e. The molecule has 5 heteroatoms. The Labute approximate surface area is 112 Å². The minimum atomic E-state index is 0.518. The molecule has 0 unspecified atom stereocenters. The zero-order valence-corrected chi connectivity index (χ0v) is 11.3. The Hall–Kier alpha value is -1.91. The highest BCUT2D eigenvalue weighted by atomic mass is 16.5. The Morgan fingerprint density at radius 2 is 1.95 bits per heavy atom. The molecule has 0 radical (unpaired) electrons. The molecule has 19 heavy (non-hydrogen) atoms. The van der Waals surface area contributed by atoms with Gasteiger partial charge < -0.3 is 10.3 Å². The van der Waals surface area contributed by atoms with Gasteiger partial charge in [0, 0.05) is 17.7 Å². The molecule has 2 heterocycles. The maximum atomic E-state index is 5.93. The van der Waals surface area contributed by atoms with Gasteiger partial charge in [-0.25, -0.2) is 9.97 Å². The number of nitrogen functional groups attached to an aromatic ring is 1. The molecule has 2 N–H and O–H groups in total. The lowest BCUT2D eigenvalue weighted by Gasteiger charge is -2.10. The second kappa shape index (κ2) is 4.64. The van der Waals surface area contributed by atoms with Crippen molar-refractivity contribution in [3.8, 4) is 11.4 Å². The summed E-state index contributed by atoms with van der Waals surface area (Å²) < 4.78 is 5.18. The maximum absolute atomic E-state index is 5.93. The average Bonchev–Trinajstić information content (AvgIpc) is 2.99. The molecule has 2 aromatic rings. The third-order valence-electron chi connectivity index (χ3n) is 3.80. The second-order valence-electron chi connectivity index (χ2n) is 5.22. The van der Waals surface area contributed by atoms with E-state index in [4.69, 9.17) is 10.3 Å². The lowest BCUT2D eigenvalue weighted by molar-refractivity contribution is 0.393. The Kier molecular flexibility index (Phi) is 2.97. The van der Waals surface area contributed by atoms with E-state index in [-0.39, 0.29) is 0 Å². The number of anilines is 1. The molecular weight excluding hydrogens is 240 g/mol. The third-order valence-corrected chi connectivity index (χ3v) is 3.80. The van der Waals surface area contributed by atoms with E-state index >= 15 is 0 Å². The fraction of sp³-hybridized carbons (Fsp3) is 0.500. The Balaban J connectivity index is 2.07. The minimum absolute atomic E-state index is 0.518. The van der Waals surface area contributed by atoms with Crippen LogP contribution in [0.25, 0.3) is 11.4 Å². The van der Waals surface area contributed by atoms with Gasteiger partial charge in [0.05, 0.1) is 11.3 Å². The van der Waals surface area contributed by atoms with Crippen LogP contribution in [0.15, 0.2) is 10.6 Å². The number of hydrogen-bond donors (Lipinski definition) is 1. The summed E-state index contributed by atoms with van der Waals surface area (Å²) in [6.07, 6.45) is 4.93. The van der Waals surface area contributed by atoms with Crippen molar-refractivity contribution >= 4 is 5.82 Å².